The molecule has 0 fully saturated rings. The molecule has 0 saturated carbocycles. The van der Waals surface area contributed by atoms with Gasteiger partial charge in [-0.15, -0.1) is 0 Å². The number of benzene rings is 2. The number of aromatic amines is 1. The van der Waals surface area contributed by atoms with Crippen LogP contribution in [-0.4, -0.2) is 17.3 Å². The third-order valence-electron chi connectivity index (χ3n) is 3.39. The molecular formula is C17H16N2O. The molecule has 0 aliphatic heterocycles. The van der Waals surface area contributed by atoms with Crippen molar-refractivity contribution in [3.05, 3.63) is 65.9 Å². The number of carbonyl (C=O) groups is 1. The minimum atomic E-state index is 0.0861. The van der Waals surface area contributed by atoms with Crippen LogP contribution in [0.1, 0.15) is 15.9 Å². The van der Waals surface area contributed by atoms with Crippen LogP contribution in [0.5, 0.6) is 0 Å². The molecule has 3 heteroatoms. The fourth-order valence-corrected chi connectivity index (χ4v) is 2.25. The Morgan fingerprint density at radius 2 is 1.85 bits per heavy atom. The SMILES string of the molecule is Cc1ccc(NCC(=O)c2c[nH]c3ccccc23)cc1. The van der Waals surface area contributed by atoms with Crippen LogP contribution < -0.4 is 5.32 Å². The molecule has 2 aromatic carbocycles. The Kier molecular flexibility index (Phi) is 3.25. The fraction of sp³-hybridized carbons (Fsp3) is 0.118. The number of aryl methyl sites for hydroxylation is 1. The number of hydrogen-bond donors (Lipinski definition) is 2. The molecule has 0 amide bonds. The van der Waals surface area contributed by atoms with Crippen LogP contribution in [0.4, 0.5) is 5.69 Å². The minimum Gasteiger partial charge on any atom is -0.378 e. The average Bonchev–Trinajstić information content (AvgIpc) is 2.90. The standard InChI is InChI=1S/C17H16N2O/c1-12-6-8-13(9-7-12)18-11-17(20)15-10-19-16-5-3-2-4-14(15)16/h2-10,18-19H,11H2,1H3. The van der Waals surface area contributed by atoms with Gasteiger partial charge in [0.25, 0.3) is 0 Å². The zero-order valence-corrected chi connectivity index (χ0v) is 11.3. The highest BCUT2D eigenvalue weighted by atomic mass is 16.1. The smallest absolute Gasteiger partial charge is 0.183 e. The third kappa shape index (κ3) is 2.43. The summed E-state index contributed by atoms with van der Waals surface area (Å²) in [5.41, 5.74) is 3.90. The van der Waals surface area contributed by atoms with Gasteiger partial charge in [0.15, 0.2) is 5.78 Å². The Hall–Kier alpha value is -2.55. The summed E-state index contributed by atoms with van der Waals surface area (Å²) in [6, 6.07) is 15.9. The molecule has 0 saturated heterocycles. The number of rotatable bonds is 4. The van der Waals surface area contributed by atoms with Gasteiger partial charge in [-0.3, -0.25) is 4.79 Å². The lowest BCUT2D eigenvalue weighted by Crippen LogP contribution is -2.13. The van der Waals surface area contributed by atoms with Crippen molar-refractivity contribution in [3.8, 4) is 0 Å². The number of para-hydroxylation sites is 1. The molecule has 3 aromatic rings. The molecule has 1 heterocycles. The molecule has 0 atom stereocenters. The van der Waals surface area contributed by atoms with Crippen LogP contribution in [0.15, 0.2) is 54.7 Å². The van der Waals surface area contributed by atoms with Crippen molar-refractivity contribution < 1.29 is 4.79 Å². The van der Waals surface area contributed by atoms with E-state index in [2.05, 4.69) is 10.3 Å². The van der Waals surface area contributed by atoms with E-state index >= 15 is 0 Å². The van der Waals surface area contributed by atoms with Crippen molar-refractivity contribution in [2.24, 2.45) is 0 Å². The molecule has 0 radical (unpaired) electrons. The van der Waals surface area contributed by atoms with E-state index in [0.29, 0.717) is 6.54 Å². The van der Waals surface area contributed by atoms with E-state index in [-0.39, 0.29) is 5.78 Å². The van der Waals surface area contributed by atoms with E-state index in [4.69, 9.17) is 0 Å². The van der Waals surface area contributed by atoms with Crippen molar-refractivity contribution in [2.45, 2.75) is 6.92 Å². The topological polar surface area (TPSA) is 44.9 Å². The van der Waals surface area contributed by atoms with Crippen molar-refractivity contribution in [1.29, 1.82) is 0 Å². The van der Waals surface area contributed by atoms with Gasteiger partial charge in [0, 0.05) is 28.4 Å². The van der Waals surface area contributed by atoms with Gasteiger partial charge < -0.3 is 10.3 Å². The number of hydrogen-bond acceptors (Lipinski definition) is 2. The van der Waals surface area contributed by atoms with E-state index in [1.807, 2.05) is 55.5 Å². The summed E-state index contributed by atoms with van der Waals surface area (Å²) in [5, 5.41) is 4.14. The van der Waals surface area contributed by atoms with Crippen LogP contribution in [-0.2, 0) is 0 Å². The Morgan fingerprint density at radius 1 is 1.10 bits per heavy atom. The molecule has 0 spiro atoms. The quantitative estimate of drug-likeness (QED) is 0.704. The largest absolute Gasteiger partial charge is 0.378 e. The monoisotopic (exact) mass is 264 g/mol. The first kappa shape index (κ1) is 12.5. The average molecular weight is 264 g/mol. The molecule has 0 aliphatic rings. The summed E-state index contributed by atoms with van der Waals surface area (Å²) in [6.07, 6.45) is 1.78. The number of H-pyrrole nitrogens is 1. The van der Waals surface area contributed by atoms with Gasteiger partial charge in [-0.05, 0) is 25.1 Å². The molecule has 1 aromatic heterocycles. The summed E-state index contributed by atoms with van der Waals surface area (Å²) in [6.45, 7) is 2.34. The van der Waals surface area contributed by atoms with Crippen LogP contribution in [0.25, 0.3) is 10.9 Å². The first-order valence-electron chi connectivity index (χ1n) is 6.64. The van der Waals surface area contributed by atoms with E-state index in [1.165, 1.54) is 5.56 Å². The predicted molar refractivity (Wildman–Crippen MR) is 82.3 cm³/mol. The fourth-order valence-electron chi connectivity index (χ4n) is 2.25. The summed E-state index contributed by atoms with van der Waals surface area (Å²) >= 11 is 0. The highest BCUT2D eigenvalue weighted by Crippen LogP contribution is 2.18. The zero-order valence-electron chi connectivity index (χ0n) is 11.3. The van der Waals surface area contributed by atoms with Crippen molar-refractivity contribution in [1.82, 2.24) is 4.98 Å². The zero-order chi connectivity index (χ0) is 13.9. The summed E-state index contributed by atoms with van der Waals surface area (Å²) in [5.74, 6) is 0.0861. The van der Waals surface area contributed by atoms with Gasteiger partial charge in [-0.1, -0.05) is 35.9 Å². The highest BCUT2D eigenvalue weighted by Gasteiger charge is 2.11. The Balaban J connectivity index is 1.75. The second-order valence-corrected chi connectivity index (χ2v) is 4.89. The molecule has 20 heavy (non-hydrogen) atoms. The second kappa shape index (κ2) is 5.21. The maximum Gasteiger partial charge on any atom is 0.183 e. The second-order valence-electron chi connectivity index (χ2n) is 4.89. The van der Waals surface area contributed by atoms with Crippen LogP contribution >= 0.6 is 0 Å². The van der Waals surface area contributed by atoms with Gasteiger partial charge in [0.1, 0.15) is 0 Å². The predicted octanol–water partition coefficient (Wildman–Crippen LogP) is 3.77. The van der Waals surface area contributed by atoms with Crippen molar-refractivity contribution in [3.63, 3.8) is 0 Å². The summed E-state index contributed by atoms with van der Waals surface area (Å²) in [7, 11) is 0. The Morgan fingerprint density at radius 3 is 2.65 bits per heavy atom. The number of ketones is 1. The summed E-state index contributed by atoms with van der Waals surface area (Å²) in [4.78, 5) is 15.4. The number of fused-ring (bicyclic) bond motifs is 1. The van der Waals surface area contributed by atoms with Gasteiger partial charge in [0.2, 0.25) is 0 Å². The maximum atomic E-state index is 12.3. The first-order valence-corrected chi connectivity index (χ1v) is 6.64. The molecule has 3 rings (SSSR count). The molecule has 0 aliphatic carbocycles. The van der Waals surface area contributed by atoms with Gasteiger partial charge >= 0.3 is 0 Å². The van der Waals surface area contributed by atoms with Gasteiger partial charge in [0.05, 0.1) is 6.54 Å². The third-order valence-corrected chi connectivity index (χ3v) is 3.39. The Labute approximate surface area is 117 Å². The van der Waals surface area contributed by atoms with Crippen LogP contribution in [0.2, 0.25) is 0 Å². The van der Waals surface area contributed by atoms with Crippen molar-refractivity contribution in [2.75, 3.05) is 11.9 Å². The molecule has 0 unspecified atom stereocenters. The molecular weight excluding hydrogens is 248 g/mol. The molecule has 0 bridgehead atoms. The lowest BCUT2D eigenvalue weighted by molar-refractivity contribution is 0.101. The first-order chi connectivity index (χ1) is 9.74. The van der Waals surface area contributed by atoms with E-state index in [0.717, 1.165) is 22.2 Å². The number of Topliss-reactive ketones (excluding diaryl/α,β-unsaturated/α-hetero) is 1. The number of nitrogens with one attached hydrogen (secondary N) is 2. The van der Waals surface area contributed by atoms with E-state index in [1.54, 1.807) is 6.20 Å². The lowest BCUT2D eigenvalue weighted by atomic mass is 10.1. The van der Waals surface area contributed by atoms with E-state index < -0.39 is 0 Å². The maximum absolute atomic E-state index is 12.3. The highest BCUT2D eigenvalue weighted by molar-refractivity contribution is 6.09. The lowest BCUT2D eigenvalue weighted by Gasteiger charge is -2.05. The van der Waals surface area contributed by atoms with Gasteiger partial charge in [-0.25, -0.2) is 0 Å². The number of anilines is 1. The molecule has 2 N–H and O–H groups in total. The van der Waals surface area contributed by atoms with Crippen LogP contribution in [0, 0.1) is 6.92 Å². The number of carbonyl (C=O) groups excluding carboxylic acids is 1. The number of aromatic nitrogens is 1. The normalized spacial score (nSPS) is 10.7. The Bertz CT molecular complexity index is 741. The van der Waals surface area contributed by atoms with Crippen LogP contribution in [0.3, 0.4) is 0 Å². The molecule has 3 nitrogen and oxygen atoms in total. The molecule has 100 valence electrons. The van der Waals surface area contributed by atoms with Gasteiger partial charge in [-0.2, -0.15) is 0 Å². The minimum absolute atomic E-state index is 0.0861. The van der Waals surface area contributed by atoms with E-state index in [9.17, 15) is 4.79 Å². The summed E-state index contributed by atoms with van der Waals surface area (Å²) < 4.78 is 0. The van der Waals surface area contributed by atoms with Crippen molar-refractivity contribution >= 4 is 22.4 Å².